The molecule has 2 unspecified atom stereocenters. The topological polar surface area (TPSA) is 128 Å². The maximum absolute atomic E-state index is 9.91. The third-order valence-corrected chi connectivity index (χ3v) is 5.78. The summed E-state index contributed by atoms with van der Waals surface area (Å²) in [5.41, 5.74) is 6.45. The second-order valence-electron chi connectivity index (χ2n) is 9.51. The van der Waals surface area contributed by atoms with Gasteiger partial charge in [-0.2, -0.15) is 4.79 Å². The summed E-state index contributed by atoms with van der Waals surface area (Å²) < 4.78 is 0. The number of hydrogen-bond acceptors (Lipinski definition) is 8. The van der Waals surface area contributed by atoms with E-state index in [1.54, 1.807) is 10.9 Å². The summed E-state index contributed by atoms with van der Waals surface area (Å²) in [5.74, 6) is 1.41. The van der Waals surface area contributed by atoms with Gasteiger partial charge in [0.1, 0.15) is 11.3 Å². The van der Waals surface area contributed by atoms with E-state index in [9.17, 15) is 15.3 Å². The van der Waals surface area contributed by atoms with Crippen LogP contribution >= 0.6 is 0 Å². The maximum atomic E-state index is 9.91. The molecule has 180 valence electrons. The molecule has 0 aliphatic carbocycles. The fourth-order valence-corrected chi connectivity index (χ4v) is 3.63. The zero-order valence-electron chi connectivity index (χ0n) is 20.5. The van der Waals surface area contributed by atoms with E-state index in [1.165, 1.54) is 12.1 Å². The van der Waals surface area contributed by atoms with Gasteiger partial charge in [0.25, 0.3) is 0 Å². The summed E-state index contributed by atoms with van der Waals surface area (Å²) in [4.78, 5) is 11.4. The van der Waals surface area contributed by atoms with Gasteiger partial charge in [-0.1, -0.05) is 47.6 Å². The van der Waals surface area contributed by atoms with Crippen LogP contribution in [0.25, 0.3) is 11.0 Å². The molecular weight excluding hydrogens is 420 g/mol. The molecule has 0 saturated heterocycles. The summed E-state index contributed by atoms with van der Waals surface area (Å²) in [7, 11) is 0. The van der Waals surface area contributed by atoms with Crippen LogP contribution in [0.5, 0.6) is 11.5 Å². The molecule has 9 heteroatoms. The number of benzene rings is 1. The molecule has 2 heterocycles. The van der Waals surface area contributed by atoms with E-state index in [1.807, 2.05) is 34.6 Å². The minimum Gasteiger partial charge on any atom is -0.504 e. The third kappa shape index (κ3) is 5.13. The van der Waals surface area contributed by atoms with Gasteiger partial charge in [0.05, 0.1) is 24.4 Å². The molecule has 0 fully saturated rings. The zero-order valence-corrected chi connectivity index (χ0v) is 20.5. The molecule has 5 N–H and O–H groups in total. The molecule has 33 heavy (non-hydrogen) atoms. The summed E-state index contributed by atoms with van der Waals surface area (Å²) >= 11 is 0. The Bertz CT molecular complexity index is 1110. The lowest BCUT2D eigenvalue weighted by molar-refractivity contribution is 0.238. The largest absolute Gasteiger partial charge is 0.504 e. The first-order valence-corrected chi connectivity index (χ1v) is 11.5. The molecule has 2 aromatic heterocycles. The highest BCUT2D eigenvalue weighted by Gasteiger charge is 2.24. The van der Waals surface area contributed by atoms with Crippen molar-refractivity contribution in [2.45, 2.75) is 72.4 Å². The highest BCUT2D eigenvalue weighted by Crippen LogP contribution is 2.33. The van der Waals surface area contributed by atoms with Crippen LogP contribution < -0.4 is 10.7 Å². The van der Waals surface area contributed by atoms with Gasteiger partial charge >= 0.3 is 0 Å². The molecular formula is C24H36N6O3. The Kier molecular flexibility index (Phi) is 7.31. The Morgan fingerprint density at radius 2 is 1.61 bits per heavy atom. The Hall–Kier alpha value is -3.07. The van der Waals surface area contributed by atoms with Gasteiger partial charge in [0, 0.05) is 5.92 Å². The SMILES string of the molecule is CC(C)c1nc(NC(C)c2ccc(O)c(O)c2)c2nn(NC(CO)C(C)C)c(C(C)C)c2n1. The Morgan fingerprint density at radius 1 is 0.909 bits per heavy atom. The summed E-state index contributed by atoms with van der Waals surface area (Å²) in [6.07, 6.45) is 0. The molecule has 0 bridgehead atoms. The first-order valence-electron chi connectivity index (χ1n) is 11.5. The van der Waals surface area contributed by atoms with Crippen LogP contribution in [0.4, 0.5) is 5.82 Å². The van der Waals surface area contributed by atoms with Crippen molar-refractivity contribution in [1.29, 1.82) is 0 Å². The smallest absolute Gasteiger partial charge is 0.158 e. The molecule has 0 amide bonds. The van der Waals surface area contributed by atoms with Gasteiger partial charge in [-0.25, -0.2) is 9.97 Å². The van der Waals surface area contributed by atoms with E-state index in [2.05, 4.69) is 24.6 Å². The third-order valence-electron chi connectivity index (χ3n) is 5.78. The minimum atomic E-state index is -0.212. The van der Waals surface area contributed by atoms with Crippen LogP contribution in [-0.4, -0.2) is 47.8 Å². The molecule has 0 aliphatic heterocycles. The van der Waals surface area contributed by atoms with Crippen molar-refractivity contribution < 1.29 is 15.3 Å². The van der Waals surface area contributed by atoms with E-state index in [0.29, 0.717) is 17.2 Å². The van der Waals surface area contributed by atoms with E-state index in [-0.39, 0.29) is 47.9 Å². The van der Waals surface area contributed by atoms with Crippen molar-refractivity contribution in [3.63, 3.8) is 0 Å². The lowest BCUT2D eigenvalue weighted by Gasteiger charge is -2.22. The molecule has 0 spiro atoms. The molecule has 0 saturated carbocycles. The van der Waals surface area contributed by atoms with Crippen molar-refractivity contribution in [1.82, 2.24) is 19.9 Å². The van der Waals surface area contributed by atoms with Gasteiger partial charge < -0.3 is 26.1 Å². The molecule has 3 rings (SSSR count). The van der Waals surface area contributed by atoms with Gasteiger partial charge in [-0.3, -0.25) is 0 Å². The fraction of sp³-hybridized carbons (Fsp3) is 0.542. The number of fused-ring (bicyclic) bond motifs is 1. The second kappa shape index (κ2) is 9.82. The van der Waals surface area contributed by atoms with Gasteiger partial charge in [0.15, 0.2) is 22.8 Å². The lowest BCUT2D eigenvalue weighted by atomic mass is 10.1. The van der Waals surface area contributed by atoms with E-state index < -0.39 is 0 Å². The first kappa shape index (κ1) is 24.6. The van der Waals surface area contributed by atoms with Crippen molar-refractivity contribution in [2.75, 3.05) is 17.3 Å². The normalized spacial score (nSPS) is 13.8. The number of anilines is 1. The van der Waals surface area contributed by atoms with Crippen molar-refractivity contribution in [3.8, 4) is 11.5 Å². The van der Waals surface area contributed by atoms with Crippen molar-refractivity contribution >= 4 is 16.9 Å². The lowest BCUT2D eigenvalue weighted by Crippen LogP contribution is -2.37. The fourth-order valence-electron chi connectivity index (χ4n) is 3.63. The molecule has 2 atom stereocenters. The number of nitrogens with one attached hydrogen (secondary N) is 2. The highest BCUT2D eigenvalue weighted by atomic mass is 16.3. The van der Waals surface area contributed by atoms with E-state index in [4.69, 9.17) is 15.1 Å². The van der Waals surface area contributed by atoms with Gasteiger partial charge in [-0.15, -0.1) is 5.10 Å². The van der Waals surface area contributed by atoms with Crippen LogP contribution in [0, 0.1) is 5.92 Å². The quantitative estimate of drug-likeness (QED) is 0.303. The number of aliphatic hydroxyl groups excluding tert-OH is 1. The summed E-state index contributed by atoms with van der Waals surface area (Å²) in [5, 5.41) is 37.6. The average Bonchev–Trinajstić information content (AvgIpc) is 3.12. The predicted octanol–water partition coefficient (Wildman–Crippen LogP) is 4.22. The predicted molar refractivity (Wildman–Crippen MR) is 130 cm³/mol. The highest BCUT2D eigenvalue weighted by molar-refractivity contribution is 5.88. The van der Waals surface area contributed by atoms with Crippen molar-refractivity contribution in [3.05, 3.63) is 35.3 Å². The second-order valence-corrected chi connectivity index (χ2v) is 9.51. The number of phenols is 2. The maximum Gasteiger partial charge on any atom is 0.158 e. The molecule has 0 radical (unpaired) electrons. The molecule has 1 aromatic carbocycles. The van der Waals surface area contributed by atoms with E-state index in [0.717, 1.165) is 16.8 Å². The minimum absolute atomic E-state index is 0.0131. The van der Waals surface area contributed by atoms with Gasteiger partial charge in [-0.05, 0) is 36.5 Å². The molecule has 0 aliphatic rings. The average molecular weight is 457 g/mol. The number of aliphatic hydroxyl groups is 1. The van der Waals surface area contributed by atoms with Crippen molar-refractivity contribution in [2.24, 2.45) is 5.92 Å². The first-order chi connectivity index (χ1) is 15.5. The van der Waals surface area contributed by atoms with E-state index >= 15 is 0 Å². The van der Waals surface area contributed by atoms with Crippen LogP contribution in [0.15, 0.2) is 18.2 Å². The van der Waals surface area contributed by atoms with Gasteiger partial charge in [0.2, 0.25) is 0 Å². The number of nitrogens with zero attached hydrogens (tertiary/aromatic N) is 4. The monoisotopic (exact) mass is 456 g/mol. The number of hydrogen-bond donors (Lipinski definition) is 5. The number of aromatic hydroxyl groups is 2. The zero-order chi connectivity index (χ0) is 24.4. The summed E-state index contributed by atoms with van der Waals surface area (Å²) in [6, 6.07) is 4.38. The summed E-state index contributed by atoms with van der Waals surface area (Å²) in [6.45, 7) is 14.3. The van der Waals surface area contributed by atoms with Crippen LogP contribution in [0.1, 0.15) is 83.4 Å². The molecule has 9 nitrogen and oxygen atoms in total. The van der Waals surface area contributed by atoms with Crippen LogP contribution in [0.3, 0.4) is 0 Å². The Labute approximate surface area is 194 Å². The number of phenolic OH excluding ortho intramolecular Hbond substituents is 2. The number of aromatic nitrogens is 4. The number of rotatable bonds is 9. The Morgan fingerprint density at radius 3 is 2.15 bits per heavy atom. The Balaban J connectivity index is 2.13. The van der Waals surface area contributed by atoms with Crippen LogP contribution in [0.2, 0.25) is 0 Å². The standard InChI is InChI=1S/C24H36N6O3/c1-12(2)17(11-31)28-30-22(13(3)4)20-21(29-30)24(27-23(26-20)14(5)6)25-15(7)16-8-9-18(32)19(33)10-16/h8-10,12-15,17,28,31-33H,11H2,1-7H3,(H,25,26,27). The molecule has 3 aromatic rings. The van der Waals surface area contributed by atoms with Crippen LogP contribution in [-0.2, 0) is 0 Å².